The third kappa shape index (κ3) is 2.70. The number of nitrogens with zero attached hydrogens (tertiary/aromatic N) is 2. The molecule has 4 nitrogen and oxygen atoms in total. The molecular formula is C16H21N3O. The normalized spacial score (nSPS) is 16.2. The molecule has 0 saturated carbocycles. The smallest absolute Gasteiger partial charge is 0.121 e. The molecule has 0 aliphatic carbocycles. The Bertz CT molecular complexity index is 558. The number of benzene rings is 1. The van der Waals surface area contributed by atoms with Crippen molar-refractivity contribution in [3.8, 4) is 11.4 Å². The van der Waals surface area contributed by atoms with E-state index >= 15 is 0 Å². The molecule has 0 amide bonds. The standard InChI is InChI=1S/C16H21N3O/c1-2-20-15-5-3-4-14(10-15)19-12-18-11-16(19)13-6-8-17-9-7-13/h3-5,10-13,17H,2,6-9H2,1H3. The molecule has 0 bridgehead atoms. The number of hydrogen-bond donors (Lipinski definition) is 1. The molecule has 1 fully saturated rings. The molecule has 2 heterocycles. The van der Waals surface area contributed by atoms with Crippen molar-refractivity contribution in [2.75, 3.05) is 19.7 Å². The van der Waals surface area contributed by atoms with Gasteiger partial charge in [0.05, 0.1) is 18.6 Å². The van der Waals surface area contributed by atoms with Crippen molar-refractivity contribution < 1.29 is 4.74 Å². The SMILES string of the molecule is CCOc1cccc(-n2cncc2C2CCNCC2)c1. The molecule has 1 N–H and O–H groups in total. The highest BCUT2D eigenvalue weighted by molar-refractivity contribution is 5.41. The Hall–Kier alpha value is -1.81. The third-order valence-corrected chi connectivity index (χ3v) is 3.83. The molecule has 106 valence electrons. The highest BCUT2D eigenvalue weighted by Crippen LogP contribution is 2.28. The van der Waals surface area contributed by atoms with Gasteiger partial charge in [0, 0.05) is 23.9 Å². The van der Waals surface area contributed by atoms with E-state index in [4.69, 9.17) is 4.74 Å². The minimum Gasteiger partial charge on any atom is -0.494 e. The van der Waals surface area contributed by atoms with Crippen molar-refractivity contribution in [2.45, 2.75) is 25.7 Å². The van der Waals surface area contributed by atoms with Crippen molar-refractivity contribution in [1.29, 1.82) is 0 Å². The van der Waals surface area contributed by atoms with E-state index < -0.39 is 0 Å². The van der Waals surface area contributed by atoms with E-state index in [1.165, 1.54) is 18.5 Å². The maximum absolute atomic E-state index is 5.59. The van der Waals surface area contributed by atoms with Crippen molar-refractivity contribution >= 4 is 0 Å². The van der Waals surface area contributed by atoms with Crippen LogP contribution >= 0.6 is 0 Å². The van der Waals surface area contributed by atoms with E-state index in [1.807, 2.05) is 31.6 Å². The van der Waals surface area contributed by atoms with E-state index in [1.54, 1.807) is 0 Å². The number of imidazole rings is 1. The molecule has 4 heteroatoms. The first kappa shape index (κ1) is 13.2. The van der Waals surface area contributed by atoms with Gasteiger partial charge in [-0.25, -0.2) is 4.98 Å². The fourth-order valence-corrected chi connectivity index (χ4v) is 2.83. The van der Waals surface area contributed by atoms with Gasteiger partial charge in [-0.2, -0.15) is 0 Å². The summed E-state index contributed by atoms with van der Waals surface area (Å²) >= 11 is 0. The van der Waals surface area contributed by atoms with Gasteiger partial charge in [-0.15, -0.1) is 0 Å². The zero-order valence-corrected chi connectivity index (χ0v) is 11.9. The molecule has 1 aromatic heterocycles. The van der Waals surface area contributed by atoms with Crippen LogP contribution in [-0.4, -0.2) is 29.2 Å². The number of hydrogen-bond acceptors (Lipinski definition) is 3. The lowest BCUT2D eigenvalue weighted by atomic mass is 9.95. The van der Waals surface area contributed by atoms with Crippen LogP contribution in [0.1, 0.15) is 31.4 Å². The number of aromatic nitrogens is 2. The lowest BCUT2D eigenvalue weighted by Gasteiger charge is -2.23. The summed E-state index contributed by atoms with van der Waals surface area (Å²) in [7, 11) is 0. The van der Waals surface area contributed by atoms with E-state index in [2.05, 4.69) is 27.0 Å². The molecule has 0 unspecified atom stereocenters. The van der Waals surface area contributed by atoms with Crippen LogP contribution in [0.2, 0.25) is 0 Å². The van der Waals surface area contributed by atoms with E-state index in [9.17, 15) is 0 Å². The molecule has 20 heavy (non-hydrogen) atoms. The number of ether oxygens (including phenoxy) is 1. The van der Waals surface area contributed by atoms with Gasteiger partial charge in [-0.1, -0.05) is 6.07 Å². The van der Waals surface area contributed by atoms with E-state index in [0.717, 1.165) is 24.5 Å². The molecule has 1 saturated heterocycles. The summed E-state index contributed by atoms with van der Waals surface area (Å²) in [5.41, 5.74) is 2.43. The number of rotatable bonds is 4. The molecule has 1 aromatic carbocycles. The monoisotopic (exact) mass is 271 g/mol. The summed E-state index contributed by atoms with van der Waals surface area (Å²) in [4.78, 5) is 4.35. The molecule has 0 atom stereocenters. The summed E-state index contributed by atoms with van der Waals surface area (Å²) in [6.45, 7) is 4.88. The van der Waals surface area contributed by atoms with Gasteiger partial charge < -0.3 is 14.6 Å². The lowest BCUT2D eigenvalue weighted by molar-refractivity contribution is 0.340. The van der Waals surface area contributed by atoms with Crippen LogP contribution in [0.15, 0.2) is 36.8 Å². The Kier molecular flexibility index (Phi) is 4.02. The maximum Gasteiger partial charge on any atom is 0.121 e. The Morgan fingerprint density at radius 1 is 1.35 bits per heavy atom. The molecule has 1 aliphatic rings. The van der Waals surface area contributed by atoms with Gasteiger partial charge >= 0.3 is 0 Å². The highest BCUT2D eigenvalue weighted by atomic mass is 16.5. The van der Waals surface area contributed by atoms with Crippen LogP contribution in [0.3, 0.4) is 0 Å². The molecule has 0 spiro atoms. The average Bonchev–Trinajstić information content (AvgIpc) is 2.98. The van der Waals surface area contributed by atoms with Crippen LogP contribution in [0, 0.1) is 0 Å². The summed E-state index contributed by atoms with van der Waals surface area (Å²) < 4.78 is 7.78. The highest BCUT2D eigenvalue weighted by Gasteiger charge is 2.19. The van der Waals surface area contributed by atoms with E-state index in [0.29, 0.717) is 12.5 Å². The van der Waals surface area contributed by atoms with Gasteiger partial charge in [-0.3, -0.25) is 0 Å². The molecule has 1 aliphatic heterocycles. The zero-order valence-electron chi connectivity index (χ0n) is 11.9. The summed E-state index contributed by atoms with van der Waals surface area (Å²) in [5, 5.41) is 3.41. The van der Waals surface area contributed by atoms with Crippen LogP contribution in [0.5, 0.6) is 5.75 Å². The van der Waals surface area contributed by atoms with Gasteiger partial charge in [0.15, 0.2) is 0 Å². The molecule has 2 aromatic rings. The minimum atomic E-state index is 0.592. The van der Waals surface area contributed by atoms with Crippen LogP contribution in [0.25, 0.3) is 5.69 Å². The molecule has 0 radical (unpaired) electrons. The minimum absolute atomic E-state index is 0.592. The predicted octanol–water partition coefficient (Wildman–Crippen LogP) is 2.74. The fourth-order valence-electron chi connectivity index (χ4n) is 2.83. The first-order chi connectivity index (χ1) is 9.88. The van der Waals surface area contributed by atoms with Crippen molar-refractivity contribution in [3.63, 3.8) is 0 Å². The largest absolute Gasteiger partial charge is 0.494 e. The number of piperidine rings is 1. The quantitative estimate of drug-likeness (QED) is 0.929. The Morgan fingerprint density at radius 3 is 3.00 bits per heavy atom. The second-order valence-electron chi connectivity index (χ2n) is 5.14. The van der Waals surface area contributed by atoms with Gasteiger partial charge in [0.25, 0.3) is 0 Å². The second kappa shape index (κ2) is 6.09. The van der Waals surface area contributed by atoms with Gasteiger partial charge in [-0.05, 0) is 45.0 Å². The summed E-state index contributed by atoms with van der Waals surface area (Å²) in [6.07, 6.45) is 6.26. The van der Waals surface area contributed by atoms with Crippen molar-refractivity contribution in [2.24, 2.45) is 0 Å². The topological polar surface area (TPSA) is 39.1 Å². The predicted molar refractivity (Wildman–Crippen MR) is 79.6 cm³/mol. The summed E-state index contributed by atoms with van der Waals surface area (Å²) in [5.74, 6) is 1.50. The van der Waals surface area contributed by atoms with Crippen molar-refractivity contribution in [1.82, 2.24) is 14.9 Å². The van der Waals surface area contributed by atoms with Gasteiger partial charge in [0.2, 0.25) is 0 Å². The maximum atomic E-state index is 5.59. The Labute approximate surface area is 119 Å². The lowest BCUT2D eigenvalue weighted by Crippen LogP contribution is -2.27. The Balaban J connectivity index is 1.90. The average molecular weight is 271 g/mol. The van der Waals surface area contributed by atoms with Crippen LogP contribution < -0.4 is 10.1 Å². The van der Waals surface area contributed by atoms with E-state index in [-0.39, 0.29) is 0 Å². The molecule has 3 rings (SSSR count). The third-order valence-electron chi connectivity index (χ3n) is 3.83. The second-order valence-corrected chi connectivity index (χ2v) is 5.14. The number of nitrogens with one attached hydrogen (secondary N) is 1. The molecular weight excluding hydrogens is 250 g/mol. The Morgan fingerprint density at radius 2 is 2.20 bits per heavy atom. The first-order valence-corrected chi connectivity index (χ1v) is 7.34. The van der Waals surface area contributed by atoms with Gasteiger partial charge in [0.1, 0.15) is 5.75 Å². The summed E-state index contributed by atoms with van der Waals surface area (Å²) in [6, 6.07) is 8.21. The van der Waals surface area contributed by atoms with Crippen LogP contribution in [0.4, 0.5) is 0 Å². The van der Waals surface area contributed by atoms with Crippen LogP contribution in [-0.2, 0) is 0 Å². The first-order valence-electron chi connectivity index (χ1n) is 7.34. The zero-order chi connectivity index (χ0) is 13.8. The van der Waals surface area contributed by atoms with Crippen molar-refractivity contribution in [3.05, 3.63) is 42.5 Å². The fraction of sp³-hybridized carbons (Fsp3) is 0.438.